The van der Waals surface area contributed by atoms with Crippen LogP contribution in [-0.2, 0) is 19.0 Å². The van der Waals surface area contributed by atoms with Crippen LogP contribution in [0.3, 0.4) is 0 Å². The molecule has 0 aromatic heterocycles. The van der Waals surface area contributed by atoms with E-state index in [2.05, 4.69) is 56.8 Å². The first-order valence-electron chi connectivity index (χ1n) is 14.0. The lowest BCUT2D eigenvalue weighted by Gasteiger charge is -2.63. The maximum atomic E-state index is 12.7. The summed E-state index contributed by atoms with van der Waals surface area (Å²) >= 11 is 1.78. The maximum Gasteiger partial charge on any atom is 0.335 e. The molecule has 0 N–H and O–H groups in total. The zero-order valence-corrected chi connectivity index (χ0v) is 23.3. The topological polar surface area (TPSA) is 44.8 Å². The van der Waals surface area contributed by atoms with Crippen molar-refractivity contribution in [2.75, 3.05) is 13.2 Å². The molecule has 38 heavy (non-hydrogen) atoms. The number of rotatable bonds is 6. The molecule has 0 spiro atoms. The standard InChI is InChI=1S/C33H38O4S/c1-22-14-15-28-32(2,18-16-29-33(28,3)21-36-31(37-29)23-10-6-4-7-11-23)26(22)20-27(25-17-19-35-30(25)34)38-24-12-8-5-9-13-24/h4-13,17,26-29,31H,1,14-16,18-21H2,2-3H3/t26-,27?,28?,29?,31?,32+,33-/m0/s1. The SMILES string of the molecule is C=C1CCC2[C@]3(C)COC(c4ccccc4)OC3CC[C@]2(C)[C@H]1CC(Sc1ccccc1)C1=CCOC1=O. The van der Waals surface area contributed by atoms with Crippen molar-refractivity contribution < 1.29 is 19.0 Å². The highest BCUT2D eigenvalue weighted by Gasteiger charge is 2.60. The highest BCUT2D eigenvalue weighted by atomic mass is 32.2. The molecule has 5 heteroatoms. The van der Waals surface area contributed by atoms with E-state index in [1.807, 2.05) is 30.3 Å². The first kappa shape index (κ1) is 25.9. The van der Waals surface area contributed by atoms with Gasteiger partial charge in [-0.3, -0.25) is 0 Å². The third kappa shape index (κ3) is 4.57. The molecule has 4 aliphatic rings. The molecule has 2 aliphatic carbocycles. The number of thioether (sulfide) groups is 1. The molecule has 1 saturated heterocycles. The number of ether oxygens (including phenoxy) is 3. The number of carbonyl (C=O) groups excluding carboxylic acids is 1. The molecular weight excluding hydrogens is 492 g/mol. The van der Waals surface area contributed by atoms with Gasteiger partial charge in [0.05, 0.1) is 12.7 Å². The van der Waals surface area contributed by atoms with Gasteiger partial charge in [-0.2, -0.15) is 0 Å². The Bertz CT molecular complexity index is 1210. The summed E-state index contributed by atoms with van der Waals surface area (Å²) in [7, 11) is 0. The van der Waals surface area contributed by atoms with Gasteiger partial charge in [0.25, 0.3) is 0 Å². The summed E-state index contributed by atoms with van der Waals surface area (Å²) in [6.07, 6.45) is 7.00. The van der Waals surface area contributed by atoms with Crippen molar-refractivity contribution in [2.24, 2.45) is 22.7 Å². The molecule has 2 saturated carbocycles. The van der Waals surface area contributed by atoms with Crippen LogP contribution in [0, 0.1) is 22.7 Å². The summed E-state index contributed by atoms with van der Waals surface area (Å²) in [5.74, 6) is 0.618. The van der Waals surface area contributed by atoms with Gasteiger partial charge in [0.15, 0.2) is 6.29 Å². The smallest absolute Gasteiger partial charge is 0.335 e. The van der Waals surface area contributed by atoms with Crippen molar-refractivity contribution in [1.29, 1.82) is 0 Å². The van der Waals surface area contributed by atoms with E-state index in [4.69, 9.17) is 14.2 Å². The zero-order valence-electron chi connectivity index (χ0n) is 22.4. The summed E-state index contributed by atoms with van der Waals surface area (Å²) in [6, 6.07) is 20.7. The Morgan fingerprint density at radius 3 is 2.47 bits per heavy atom. The largest absolute Gasteiger partial charge is 0.458 e. The lowest BCUT2D eigenvalue weighted by Crippen LogP contribution is -2.60. The van der Waals surface area contributed by atoms with Crippen LogP contribution in [0.25, 0.3) is 0 Å². The molecule has 4 nitrogen and oxygen atoms in total. The second-order valence-corrected chi connectivity index (χ2v) is 13.2. The molecule has 2 heterocycles. The number of carbonyl (C=O) groups is 1. The molecule has 2 aromatic rings. The van der Waals surface area contributed by atoms with E-state index < -0.39 is 0 Å². The molecular formula is C33H38O4S. The minimum Gasteiger partial charge on any atom is -0.458 e. The number of benzene rings is 2. The Kier molecular flexibility index (Phi) is 7.04. The molecule has 0 radical (unpaired) electrons. The summed E-state index contributed by atoms with van der Waals surface area (Å²) < 4.78 is 18.5. The Balaban J connectivity index is 1.26. The molecule has 200 valence electrons. The van der Waals surface area contributed by atoms with Gasteiger partial charge in [-0.1, -0.05) is 74.5 Å². The molecule has 2 aliphatic heterocycles. The van der Waals surface area contributed by atoms with Crippen LogP contribution in [0.5, 0.6) is 0 Å². The first-order chi connectivity index (χ1) is 18.4. The Morgan fingerprint density at radius 2 is 1.76 bits per heavy atom. The van der Waals surface area contributed by atoms with Gasteiger partial charge in [0.2, 0.25) is 0 Å². The van der Waals surface area contributed by atoms with Crippen molar-refractivity contribution in [3.05, 3.63) is 90.0 Å². The van der Waals surface area contributed by atoms with E-state index in [1.165, 1.54) is 10.5 Å². The molecule has 7 atom stereocenters. The van der Waals surface area contributed by atoms with E-state index in [0.29, 0.717) is 25.0 Å². The minimum atomic E-state index is -0.292. The monoisotopic (exact) mass is 530 g/mol. The summed E-state index contributed by atoms with van der Waals surface area (Å²) in [4.78, 5) is 13.9. The number of esters is 1. The van der Waals surface area contributed by atoms with Gasteiger partial charge < -0.3 is 14.2 Å². The lowest BCUT2D eigenvalue weighted by molar-refractivity contribution is -0.307. The van der Waals surface area contributed by atoms with Crippen molar-refractivity contribution >= 4 is 17.7 Å². The second kappa shape index (κ2) is 10.3. The van der Waals surface area contributed by atoms with E-state index in [9.17, 15) is 4.79 Å². The average Bonchev–Trinajstić information content (AvgIpc) is 3.36. The first-order valence-corrected chi connectivity index (χ1v) is 14.8. The number of allylic oxidation sites excluding steroid dienone is 1. The van der Waals surface area contributed by atoms with Crippen LogP contribution >= 0.6 is 11.8 Å². The van der Waals surface area contributed by atoms with Crippen LogP contribution in [-0.4, -0.2) is 30.5 Å². The van der Waals surface area contributed by atoms with Crippen LogP contribution in [0.2, 0.25) is 0 Å². The second-order valence-electron chi connectivity index (χ2n) is 11.9. The molecule has 0 amide bonds. The highest BCUT2D eigenvalue weighted by Crippen LogP contribution is 2.64. The van der Waals surface area contributed by atoms with E-state index in [1.54, 1.807) is 11.8 Å². The Labute approximate surface area is 230 Å². The minimum absolute atomic E-state index is 0.0385. The third-order valence-corrected chi connectivity index (χ3v) is 11.1. The quantitative estimate of drug-likeness (QED) is 0.220. The van der Waals surface area contributed by atoms with Crippen LogP contribution in [0.4, 0.5) is 0 Å². The number of hydrogen-bond donors (Lipinski definition) is 0. The molecule has 6 rings (SSSR count). The average molecular weight is 531 g/mol. The lowest BCUT2D eigenvalue weighted by atomic mass is 9.46. The Morgan fingerprint density at radius 1 is 1.03 bits per heavy atom. The van der Waals surface area contributed by atoms with Crippen molar-refractivity contribution in [2.45, 2.75) is 68.5 Å². The summed E-state index contributed by atoms with van der Waals surface area (Å²) in [5, 5.41) is 0.0385. The summed E-state index contributed by atoms with van der Waals surface area (Å²) in [6.45, 7) is 10.6. The Hall–Kier alpha value is -2.34. The number of cyclic esters (lactones) is 1. The van der Waals surface area contributed by atoms with E-state index in [-0.39, 0.29) is 34.4 Å². The molecule has 2 aromatic carbocycles. The molecule has 0 bridgehead atoms. The molecule has 3 fully saturated rings. The van der Waals surface area contributed by atoms with Crippen molar-refractivity contribution in [3.8, 4) is 0 Å². The van der Waals surface area contributed by atoms with E-state index >= 15 is 0 Å². The van der Waals surface area contributed by atoms with Gasteiger partial charge in [-0.05, 0) is 67.6 Å². The van der Waals surface area contributed by atoms with Gasteiger partial charge in [-0.15, -0.1) is 11.8 Å². The highest BCUT2D eigenvalue weighted by molar-refractivity contribution is 8.00. The van der Waals surface area contributed by atoms with Gasteiger partial charge in [0.1, 0.15) is 6.61 Å². The van der Waals surface area contributed by atoms with Gasteiger partial charge in [0, 0.05) is 26.7 Å². The summed E-state index contributed by atoms with van der Waals surface area (Å²) in [5.41, 5.74) is 3.26. The van der Waals surface area contributed by atoms with Crippen molar-refractivity contribution in [1.82, 2.24) is 0 Å². The maximum absolute atomic E-state index is 12.7. The normalized spacial score (nSPS) is 35.6. The van der Waals surface area contributed by atoms with E-state index in [0.717, 1.165) is 43.2 Å². The van der Waals surface area contributed by atoms with Crippen molar-refractivity contribution in [3.63, 3.8) is 0 Å². The van der Waals surface area contributed by atoms with Crippen LogP contribution < -0.4 is 0 Å². The predicted molar refractivity (Wildman–Crippen MR) is 151 cm³/mol. The van der Waals surface area contributed by atoms with Crippen LogP contribution in [0.15, 0.2) is 89.4 Å². The zero-order chi connectivity index (χ0) is 26.3. The fraction of sp³-hybridized carbons (Fsp3) is 0.485. The predicted octanol–water partition coefficient (Wildman–Crippen LogP) is 7.52. The van der Waals surface area contributed by atoms with Gasteiger partial charge >= 0.3 is 5.97 Å². The molecule has 4 unspecified atom stereocenters. The number of hydrogen-bond acceptors (Lipinski definition) is 5. The fourth-order valence-corrected chi connectivity index (χ4v) is 9.06. The third-order valence-electron chi connectivity index (χ3n) is 9.79. The fourth-order valence-electron chi connectivity index (χ4n) is 7.80. The van der Waals surface area contributed by atoms with Gasteiger partial charge in [-0.25, -0.2) is 4.79 Å². The number of fused-ring (bicyclic) bond motifs is 3. The van der Waals surface area contributed by atoms with Crippen LogP contribution in [0.1, 0.15) is 57.8 Å².